The lowest BCUT2D eigenvalue weighted by Crippen LogP contribution is -2.20. The van der Waals surface area contributed by atoms with E-state index in [1.165, 1.54) is 24.5 Å². The Hall–Kier alpha value is -2.80. The smallest absolute Gasteiger partial charge is 0.244 e. The van der Waals surface area contributed by atoms with Crippen LogP contribution in [0, 0.1) is 5.82 Å². The molecule has 5 nitrogen and oxygen atoms in total. The van der Waals surface area contributed by atoms with E-state index in [0.29, 0.717) is 18.7 Å². The number of halogens is 2. The first-order chi connectivity index (χ1) is 12.6. The van der Waals surface area contributed by atoms with Crippen molar-refractivity contribution in [1.29, 1.82) is 0 Å². The van der Waals surface area contributed by atoms with Crippen molar-refractivity contribution < 1.29 is 9.18 Å². The fourth-order valence-corrected chi connectivity index (χ4v) is 2.70. The number of aromatic nitrogens is 3. The third-order valence-corrected chi connectivity index (χ3v) is 4.17. The van der Waals surface area contributed by atoms with Crippen molar-refractivity contribution in [3.8, 4) is 0 Å². The summed E-state index contributed by atoms with van der Waals surface area (Å²) in [7, 11) is 0. The van der Waals surface area contributed by atoms with Crippen LogP contribution in [0.1, 0.15) is 16.7 Å². The van der Waals surface area contributed by atoms with Crippen LogP contribution < -0.4 is 5.32 Å². The van der Waals surface area contributed by atoms with Crippen LogP contribution in [0.3, 0.4) is 0 Å². The van der Waals surface area contributed by atoms with Crippen molar-refractivity contribution in [2.45, 2.75) is 13.1 Å². The summed E-state index contributed by atoms with van der Waals surface area (Å²) in [6, 6.07) is 12.4. The summed E-state index contributed by atoms with van der Waals surface area (Å²) in [6.07, 6.45) is 5.94. The minimum absolute atomic E-state index is 0.281. The normalized spacial score (nSPS) is 11.0. The van der Waals surface area contributed by atoms with Gasteiger partial charge in [-0.15, -0.1) is 0 Å². The molecule has 0 bridgehead atoms. The molecule has 1 N–H and O–H groups in total. The zero-order valence-electron chi connectivity index (χ0n) is 13.8. The molecule has 0 aliphatic carbocycles. The first-order valence-corrected chi connectivity index (χ1v) is 8.70. The SMILES string of the molecule is O=C(/C=C/c1cc(Br)ccc1F)NCc1ccc(Cn2cncn2)cc1. The summed E-state index contributed by atoms with van der Waals surface area (Å²) in [6.45, 7) is 1.04. The Bertz CT molecular complexity index is 908. The average Bonchev–Trinajstić information content (AvgIpc) is 3.15. The summed E-state index contributed by atoms with van der Waals surface area (Å²) < 4.78 is 16.1. The summed E-state index contributed by atoms with van der Waals surface area (Å²) in [5.41, 5.74) is 2.42. The van der Waals surface area contributed by atoms with Gasteiger partial charge in [-0.2, -0.15) is 5.10 Å². The Kier molecular flexibility index (Phi) is 5.91. The number of amides is 1. The Morgan fingerprint density at radius 2 is 1.96 bits per heavy atom. The topological polar surface area (TPSA) is 59.8 Å². The van der Waals surface area contributed by atoms with E-state index in [9.17, 15) is 9.18 Å². The number of carbonyl (C=O) groups excluding carboxylic acids is 1. The highest BCUT2D eigenvalue weighted by atomic mass is 79.9. The average molecular weight is 415 g/mol. The quantitative estimate of drug-likeness (QED) is 0.627. The van der Waals surface area contributed by atoms with Crippen molar-refractivity contribution in [3.05, 3.63) is 88.2 Å². The van der Waals surface area contributed by atoms with Crippen molar-refractivity contribution in [1.82, 2.24) is 20.1 Å². The predicted octanol–water partition coefficient (Wildman–Crippen LogP) is 3.56. The third-order valence-electron chi connectivity index (χ3n) is 3.67. The number of hydrogen-bond acceptors (Lipinski definition) is 3. The minimum atomic E-state index is -0.375. The molecule has 1 aromatic heterocycles. The molecular formula is C19H16BrFN4O. The molecular weight excluding hydrogens is 399 g/mol. The van der Waals surface area contributed by atoms with Crippen molar-refractivity contribution in [2.75, 3.05) is 0 Å². The van der Waals surface area contributed by atoms with E-state index in [1.54, 1.807) is 23.1 Å². The van der Waals surface area contributed by atoms with Crippen molar-refractivity contribution in [3.63, 3.8) is 0 Å². The molecule has 0 aliphatic heterocycles. The largest absolute Gasteiger partial charge is 0.348 e. The van der Waals surface area contributed by atoms with Gasteiger partial charge in [0.25, 0.3) is 0 Å². The van der Waals surface area contributed by atoms with E-state index < -0.39 is 0 Å². The van der Waals surface area contributed by atoms with Gasteiger partial charge in [-0.05, 0) is 35.4 Å². The van der Waals surface area contributed by atoms with E-state index in [-0.39, 0.29) is 11.7 Å². The molecule has 0 saturated carbocycles. The van der Waals surface area contributed by atoms with Crippen LogP contribution in [0.2, 0.25) is 0 Å². The van der Waals surface area contributed by atoms with Crippen LogP contribution in [0.5, 0.6) is 0 Å². The highest BCUT2D eigenvalue weighted by Gasteiger charge is 2.02. The van der Waals surface area contributed by atoms with Crippen LogP contribution in [-0.2, 0) is 17.9 Å². The summed E-state index contributed by atoms with van der Waals surface area (Å²) in [5.74, 6) is -0.656. The zero-order valence-corrected chi connectivity index (χ0v) is 15.4. The number of benzene rings is 2. The van der Waals surface area contributed by atoms with Gasteiger partial charge < -0.3 is 5.32 Å². The zero-order chi connectivity index (χ0) is 18.4. The number of nitrogens with zero attached hydrogens (tertiary/aromatic N) is 3. The molecule has 1 heterocycles. The van der Waals surface area contributed by atoms with Gasteiger partial charge >= 0.3 is 0 Å². The van der Waals surface area contributed by atoms with E-state index in [4.69, 9.17) is 0 Å². The molecule has 3 rings (SSSR count). The number of rotatable bonds is 6. The van der Waals surface area contributed by atoms with Crippen molar-refractivity contribution >= 4 is 27.9 Å². The molecule has 0 aliphatic rings. The van der Waals surface area contributed by atoms with E-state index in [2.05, 4.69) is 31.3 Å². The number of carbonyl (C=O) groups is 1. The Labute approximate surface area is 158 Å². The molecule has 1 amide bonds. The van der Waals surface area contributed by atoms with Gasteiger partial charge in [0.15, 0.2) is 0 Å². The molecule has 26 heavy (non-hydrogen) atoms. The summed E-state index contributed by atoms with van der Waals surface area (Å²) in [5, 5.41) is 6.84. The van der Waals surface area contributed by atoms with Crippen LogP contribution in [0.15, 0.2) is 65.7 Å². The lowest BCUT2D eigenvalue weighted by Gasteiger charge is -2.05. The maximum Gasteiger partial charge on any atom is 0.244 e. The highest BCUT2D eigenvalue weighted by molar-refractivity contribution is 9.10. The predicted molar refractivity (Wildman–Crippen MR) is 101 cm³/mol. The maximum atomic E-state index is 13.6. The maximum absolute atomic E-state index is 13.6. The fourth-order valence-electron chi connectivity index (χ4n) is 2.32. The van der Waals surface area contributed by atoms with Crippen LogP contribution >= 0.6 is 15.9 Å². The monoisotopic (exact) mass is 414 g/mol. The number of nitrogens with one attached hydrogen (secondary N) is 1. The molecule has 7 heteroatoms. The molecule has 0 unspecified atom stereocenters. The molecule has 0 spiro atoms. The number of hydrogen-bond donors (Lipinski definition) is 1. The second-order valence-corrected chi connectivity index (χ2v) is 6.54. The van der Waals surface area contributed by atoms with Gasteiger partial charge in [-0.1, -0.05) is 40.2 Å². The lowest BCUT2D eigenvalue weighted by molar-refractivity contribution is -0.116. The van der Waals surface area contributed by atoms with Gasteiger partial charge in [0.2, 0.25) is 5.91 Å². The van der Waals surface area contributed by atoms with Gasteiger partial charge in [0.1, 0.15) is 18.5 Å². The molecule has 132 valence electrons. The second-order valence-electron chi connectivity index (χ2n) is 5.63. The van der Waals surface area contributed by atoms with Gasteiger partial charge in [-0.25, -0.2) is 14.1 Å². The van der Waals surface area contributed by atoms with Crippen LogP contribution in [0.25, 0.3) is 6.08 Å². The first kappa shape index (κ1) is 18.0. The first-order valence-electron chi connectivity index (χ1n) is 7.91. The molecule has 0 saturated heterocycles. The lowest BCUT2D eigenvalue weighted by atomic mass is 10.1. The van der Waals surface area contributed by atoms with Gasteiger partial charge in [0, 0.05) is 22.7 Å². The van der Waals surface area contributed by atoms with E-state index >= 15 is 0 Å². The van der Waals surface area contributed by atoms with Crippen molar-refractivity contribution in [2.24, 2.45) is 0 Å². The highest BCUT2D eigenvalue weighted by Crippen LogP contribution is 2.16. The Morgan fingerprint density at radius 3 is 2.69 bits per heavy atom. The van der Waals surface area contributed by atoms with Gasteiger partial charge in [-0.3, -0.25) is 4.79 Å². The molecule has 3 aromatic rings. The fraction of sp³-hybridized carbons (Fsp3) is 0.105. The van der Waals surface area contributed by atoms with E-state index in [1.807, 2.05) is 24.3 Å². The van der Waals surface area contributed by atoms with Crippen LogP contribution in [-0.4, -0.2) is 20.7 Å². The van der Waals surface area contributed by atoms with Crippen LogP contribution in [0.4, 0.5) is 4.39 Å². The Morgan fingerprint density at radius 1 is 1.19 bits per heavy atom. The molecule has 2 aromatic carbocycles. The standard InChI is InChI=1S/C19H16BrFN4O/c20-17-6-7-18(21)16(9-17)5-8-19(26)23-10-14-1-3-15(4-2-14)11-25-13-22-12-24-25/h1-9,12-13H,10-11H2,(H,23,26)/b8-5+. The second kappa shape index (κ2) is 8.53. The van der Waals surface area contributed by atoms with Gasteiger partial charge in [0.05, 0.1) is 6.54 Å². The molecule has 0 fully saturated rings. The summed E-state index contributed by atoms with van der Waals surface area (Å²) >= 11 is 3.28. The molecule has 0 atom stereocenters. The Balaban J connectivity index is 1.52. The summed E-state index contributed by atoms with van der Waals surface area (Å²) in [4.78, 5) is 15.8. The van der Waals surface area contributed by atoms with E-state index in [0.717, 1.165) is 15.6 Å². The molecule has 0 radical (unpaired) electrons. The third kappa shape index (κ3) is 5.10. The minimum Gasteiger partial charge on any atom is -0.348 e.